The number of aromatic nitrogens is 5. The molecule has 1 fully saturated rings. The molecule has 0 aromatic carbocycles. The Bertz CT molecular complexity index is 1490. The number of hydrogen-bond acceptors (Lipinski definition) is 13. The highest BCUT2D eigenvalue weighted by Crippen LogP contribution is 2.52. The van der Waals surface area contributed by atoms with E-state index in [1.165, 1.54) is 31.1 Å². The number of aliphatic hydroxyl groups excluding tert-OH is 1. The number of nitrogens with one attached hydrogen (secondary N) is 1. The van der Waals surface area contributed by atoms with E-state index in [1.807, 2.05) is 0 Å². The minimum atomic E-state index is -3.99. The van der Waals surface area contributed by atoms with E-state index in [2.05, 4.69) is 41.0 Å². The van der Waals surface area contributed by atoms with Crippen molar-refractivity contribution in [3.05, 3.63) is 29.3 Å². The number of carbonyl (C=O) groups is 1. The smallest absolute Gasteiger partial charge is 0.459 e. The molecule has 0 radical (unpaired) electrons. The van der Waals surface area contributed by atoms with Crippen LogP contribution in [0.25, 0.3) is 11.2 Å². The molecule has 5 rings (SSSR count). The summed E-state index contributed by atoms with van der Waals surface area (Å²) in [4.78, 5) is 27.6. The number of aryl methyl sites for hydroxylation is 1. The number of nitrogens with zero attached hydrogens (tertiary/aromatic N) is 5. The summed E-state index contributed by atoms with van der Waals surface area (Å²) >= 11 is 2.91. The molecule has 18 heteroatoms. The minimum Gasteiger partial charge on any atom is -0.479 e. The summed E-state index contributed by atoms with van der Waals surface area (Å²) in [5.74, 6) is -0.318. The quantitative estimate of drug-likeness (QED) is 0.194. The number of hydrogen-bond donors (Lipinski definition) is 3. The summed E-state index contributed by atoms with van der Waals surface area (Å²) in [5.41, 5.74) is 7.65. The Kier molecular flexibility index (Phi) is 7.24. The second-order valence-electron chi connectivity index (χ2n) is 8.74. The Labute approximate surface area is 228 Å². The maximum absolute atomic E-state index is 15.7. The molecule has 0 spiro atoms. The zero-order chi connectivity index (χ0) is 28.1. The van der Waals surface area contributed by atoms with Crippen molar-refractivity contribution in [1.29, 1.82) is 0 Å². The Morgan fingerprint density at radius 2 is 2.21 bits per heavy atom. The average molecular weight is 632 g/mol. The zero-order valence-corrected chi connectivity index (χ0v) is 23.3. The van der Waals surface area contributed by atoms with Crippen LogP contribution in [0.15, 0.2) is 12.5 Å². The van der Waals surface area contributed by atoms with Crippen LogP contribution in [0.5, 0.6) is 11.6 Å². The third-order valence-electron chi connectivity index (χ3n) is 6.14. The predicted molar refractivity (Wildman–Crippen MR) is 134 cm³/mol. The number of fused-ring (bicyclic) bond motifs is 2. The van der Waals surface area contributed by atoms with Gasteiger partial charge in [-0.15, -0.1) is 0 Å². The van der Waals surface area contributed by atoms with Crippen molar-refractivity contribution >= 4 is 46.8 Å². The van der Waals surface area contributed by atoms with Crippen LogP contribution in [0.2, 0.25) is 0 Å². The molecule has 5 atom stereocenters. The van der Waals surface area contributed by atoms with Gasteiger partial charge in [-0.2, -0.15) is 9.97 Å². The third-order valence-corrected chi connectivity index (χ3v) is 8.46. The molecule has 5 heterocycles. The summed E-state index contributed by atoms with van der Waals surface area (Å²) in [5, 5.41) is 13.4. The number of methoxy groups -OCH3 is 1. The number of anilines is 1. The molecule has 2 unspecified atom stereocenters. The highest BCUT2D eigenvalue weighted by atomic mass is 79.9. The van der Waals surface area contributed by atoms with Gasteiger partial charge in [0, 0.05) is 30.8 Å². The highest BCUT2D eigenvalue weighted by molar-refractivity contribution is 9.10. The predicted octanol–water partition coefficient (Wildman–Crippen LogP) is 1.81. The van der Waals surface area contributed by atoms with Gasteiger partial charge in [-0.3, -0.25) is 18.9 Å². The molecule has 15 nitrogen and oxygen atoms in total. The zero-order valence-electron chi connectivity index (χ0n) is 20.8. The molecule has 4 N–H and O–H groups in total. The van der Waals surface area contributed by atoms with E-state index >= 15 is 4.39 Å². The number of nitrogens with two attached hydrogens (primary N) is 1. The molecule has 0 amide bonds. The van der Waals surface area contributed by atoms with Gasteiger partial charge >= 0.3 is 13.7 Å². The fourth-order valence-corrected chi connectivity index (χ4v) is 6.20. The van der Waals surface area contributed by atoms with Gasteiger partial charge in [-0.25, -0.2) is 19.0 Å². The molecule has 3 aromatic rings. The number of esters is 1. The molecule has 39 heavy (non-hydrogen) atoms. The van der Waals surface area contributed by atoms with Crippen LogP contribution in [0, 0.1) is 6.92 Å². The molecule has 0 aliphatic carbocycles. The maximum atomic E-state index is 15.7. The minimum absolute atomic E-state index is 0.0418. The topological polar surface area (TPSA) is 195 Å². The molecule has 3 aromatic heterocycles. The molecular formula is C21H24BrFN7O8P. The molecule has 2 aliphatic heterocycles. The number of aliphatic hydroxyl groups is 1. The van der Waals surface area contributed by atoms with Crippen molar-refractivity contribution in [1.82, 2.24) is 29.6 Å². The second kappa shape index (κ2) is 10.2. The maximum Gasteiger partial charge on any atom is 0.459 e. The van der Waals surface area contributed by atoms with Gasteiger partial charge in [0.2, 0.25) is 16.4 Å². The van der Waals surface area contributed by atoms with Gasteiger partial charge in [0.25, 0.3) is 0 Å². The number of imidazole rings is 1. The van der Waals surface area contributed by atoms with Crippen LogP contribution in [0.4, 0.5) is 10.3 Å². The second-order valence-corrected chi connectivity index (χ2v) is 11.7. The van der Waals surface area contributed by atoms with E-state index in [0.29, 0.717) is 16.8 Å². The highest BCUT2D eigenvalue weighted by Gasteiger charge is 2.58. The SMILES string of the molecule is COc1nc(N)nc2c1ncn2[C@@H]1O[C@H](COP2(=O)NCc3c(COC(C)=O)cnc(C)c3O2)C(O)[C@]1(F)Br. The average Bonchev–Trinajstić information content (AvgIpc) is 3.39. The van der Waals surface area contributed by atoms with Gasteiger partial charge in [0.15, 0.2) is 23.1 Å². The lowest BCUT2D eigenvalue weighted by Crippen LogP contribution is -2.38. The Hall–Kier alpha value is -2.95. The van der Waals surface area contributed by atoms with E-state index in [-0.39, 0.29) is 41.9 Å². The first-order chi connectivity index (χ1) is 18.4. The van der Waals surface area contributed by atoms with E-state index in [4.69, 9.17) is 29.0 Å². The van der Waals surface area contributed by atoms with Gasteiger partial charge in [0.1, 0.15) is 18.8 Å². The molecule has 210 valence electrons. The van der Waals surface area contributed by atoms with Crippen LogP contribution in [-0.4, -0.2) is 66.1 Å². The number of rotatable bonds is 7. The molecule has 0 saturated carbocycles. The lowest BCUT2D eigenvalue weighted by atomic mass is 10.1. The summed E-state index contributed by atoms with van der Waals surface area (Å²) in [6.07, 6.45) is -1.74. The Morgan fingerprint density at radius 1 is 1.44 bits per heavy atom. The summed E-state index contributed by atoms with van der Waals surface area (Å²) in [6.45, 7) is 2.44. The normalized spacial score (nSPS) is 28.2. The Morgan fingerprint density at radius 3 is 2.92 bits per heavy atom. The van der Waals surface area contributed by atoms with E-state index in [9.17, 15) is 14.5 Å². The lowest BCUT2D eigenvalue weighted by Gasteiger charge is -2.29. The van der Waals surface area contributed by atoms with Crippen LogP contribution < -0.4 is 20.1 Å². The van der Waals surface area contributed by atoms with E-state index in [1.54, 1.807) is 6.92 Å². The first-order valence-corrected chi connectivity index (χ1v) is 13.8. The summed E-state index contributed by atoms with van der Waals surface area (Å²) in [6, 6.07) is 0. The molecule has 2 aliphatic rings. The fourth-order valence-electron chi connectivity index (χ4n) is 4.19. The number of ether oxygens (including phenoxy) is 3. The molecule has 1 saturated heterocycles. The van der Waals surface area contributed by atoms with Gasteiger partial charge in [-0.05, 0) is 22.9 Å². The van der Waals surface area contributed by atoms with Crippen LogP contribution in [0.3, 0.4) is 0 Å². The van der Waals surface area contributed by atoms with Crippen molar-refractivity contribution in [2.75, 3.05) is 19.5 Å². The largest absolute Gasteiger partial charge is 0.479 e. The lowest BCUT2D eigenvalue weighted by molar-refractivity contribution is -0.142. The number of nitrogen functional groups attached to an aromatic ring is 1. The van der Waals surface area contributed by atoms with Gasteiger partial charge in [-0.1, -0.05) is 0 Å². The van der Waals surface area contributed by atoms with Gasteiger partial charge in [0.05, 0.1) is 25.7 Å². The van der Waals surface area contributed by atoms with E-state index in [0.717, 1.165) is 0 Å². The van der Waals surface area contributed by atoms with Crippen molar-refractivity contribution in [2.24, 2.45) is 0 Å². The summed E-state index contributed by atoms with van der Waals surface area (Å²) < 4.78 is 55.0. The van der Waals surface area contributed by atoms with Crippen molar-refractivity contribution in [3.8, 4) is 11.6 Å². The van der Waals surface area contributed by atoms with E-state index < -0.39 is 43.3 Å². The first kappa shape index (κ1) is 27.6. The van der Waals surface area contributed by atoms with Crippen LogP contribution in [-0.2, 0) is 36.5 Å². The van der Waals surface area contributed by atoms with Gasteiger partial charge < -0.3 is 29.6 Å². The monoisotopic (exact) mass is 631 g/mol. The number of carbonyl (C=O) groups excluding carboxylic acids is 1. The van der Waals surface area contributed by atoms with Crippen LogP contribution >= 0.6 is 23.7 Å². The fraction of sp³-hybridized carbons (Fsp3) is 0.476. The number of alkyl halides is 2. The summed E-state index contributed by atoms with van der Waals surface area (Å²) in [7, 11) is -2.62. The molecule has 0 bridgehead atoms. The third kappa shape index (κ3) is 5.05. The number of pyridine rings is 1. The van der Waals surface area contributed by atoms with Crippen LogP contribution in [0.1, 0.15) is 30.0 Å². The Balaban J connectivity index is 1.33. The standard InChI is InChI=1S/C21H24BrFN7O8P/c1-9-15-12(11(4-25-9)6-35-10(2)31)5-27-39(33,38-15)36-7-13-16(32)21(22,23)19(37-13)30-8-26-14-17(30)28-20(24)29-18(14)34-3/h4,8,13,16,19,32H,5-7H2,1-3H3,(H,27,33)(H2,24,28,29)/t13-,16?,19-,21-,39?/m1/s1. The van der Waals surface area contributed by atoms with Crippen molar-refractivity contribution in [2.45, 2.75) is 50.0 Å². The molecular weight excluding hydrogens is 608 g/mol. The first-order valence-electron chi connectivity index (χ1n) is 11.5. The van der Waals surface area contributed by atoms with Crippen molar-refractivity contribution in [3.63, 3.8) is 0 Å². The number of halogens is 2. The van der Waals surface area contributed by atoms with Crippen molar-refractivity contribution < 1.29 is 42.1 Å².